The number of amides is 1. The summed E-state index contributed by atoms with van der Waals surface area (Å²) < 4.78 is 0. The molecule has 5 nitrogen and oxygen atoms in total. The predicted octanol–water partition coefficient (Wildman–Crippen LogP) is 0.288. The van der Waals surface area contributed by atoms with Crippen LogP contribution in [0, 0.1) is 11.3 Å². The number of nitriles is 1. The summed E-state index contributed by atoms with van der Waals surface area (Å²) in [5.74, 6) is -0.0975. The highest BCUT2D eigenvalue weighted by Crippen LogP contribution is 2.15. The van der Waals surface area contributed by atoms with Gasteiger partial charge < -0.3 is 5.32 Å². The van der Waals surface area contributed by atoms with Crippen molar-refractivity contribution >= 4 is 5.91 Å². The van der Waals surface area contributed by atoms with Crippen molar-refractivity contribution in [2.75, 3.05) is 39.3 Å². The van der Waals surface area contributed by atoms with Gasteiger partial charge in [0, 0.05) is 50.9 Å². The second-order valence-electron chi connectivity index (χ2n) is 5.39. The molecule has 5 heteroatoms. The smallest absolute Gasteiger partial charge is 0.251 e. The fraction of sp³-hybridized carbons (Fsp3) is 0.467. The second-order valence-corrected chi connectivity index (χ2v) is 5.39. The third-order valence-corrected chi connectivity index (χ3v) is 4.14. The number of nitrogens with zero attached hydrogens (tertiary/aromatic N) is 3. The minimum Gasteiger partial charge on any atom is -0.350 e. The lowest BCUT2D eigenvalue weighted by Crippen LogP contribution is -2.63. The zero-order valence-electron chi connectivity index (χ0n) is 11.4. The van der Waals surface area contributed by atoms with Crippen LogP contribution in [0.15, 0.2) is 24.3 Å². The van der Waals surface area contributed by atoms with Gasteiger partial charge in [-0.15, -0.1) is 0 Å². The van der Waals surface area contributed by atoms with E-state index in [1.807, 2.05) is 0 Å². The molecular weight excluding hydrogens is 252 g/mol. The fourth-order valence-corrected chi connectivity index (χ4v) is 2.96. The molecule has 3 heterocycles. The number of carbonyl (C=O) groups excluding carboxylic acids is 1. The van der Waals surface area contributed by atoms with Crippen LogP contribution in [-0.4, -0.2) is 61.0 Å². The first-order chi connectivity index (χ1) is 9.76. The molecule has 0 spiro atoms. The lowest BCUT2D eigenvalue weighted by molar-refractivity contribution is 0.0138. The van der Waals surface area contributed by atoms with E-state index in [2.05, 4.69) is 21.2 Å². The van der Waals surface area contributed by atoms with E-state index in [4.69, 9.17) is 5.26 Å². The summed E-state index contributed by atoms with van der Waals surface area (Å²) in [6.07, 6.45) is 0. The van der Waals surface area contributed by atoms with Crippen molar-refractivity contribution in [3.05, 3.63) is 35.4 Å². The molecule has 3 saturated heterocycles. The Hall–Kier alpha value is -1.90. The second kappa shape index (κ2) is 5.61. The van der Waals surface area contributed by atoms with Crippen LogP contribution in [-0.2, 0) is 0 Å². The van der Waals surface area contributed by atoms with Crippen LogP contribution in [0.3, 0.4) is 0 Å². The van der Waals surface area contributed by atoms with Gasteiger partial charge in [-0.05, 0) is 18.2 Å². The molecule has 1 amide bonds. The van der Waals surface area contributed by atoms with Gasteiger partial charge in [-0.2, -0.15) is 5.26 Å². The molecule has 3 fully saturated rings. The van der Waals surface area contributed by atoms with Gasteiger partial charge in [-0.25, -0.2) is 0 Å². The van der Waals surface area contributed by atoms with E-state index in [-0.39, 0.29) is 5.91 Å². The maximum Gasteiger partial charge on any atom is 0.251 e. The third kappa shape index (κ3) is 2.67. The van der Waals surface area contributed by atoms with E-state index in [0.29, 0.717) is 23.7 Å². The topological polar surface area (TPSA) is 59.4 Å². The lowest BCUT2D eigenvalue weighted by atomic mass is 10.1. The van der Waals surface area contributed by atoms with E-state index >= 15 is 0 Å². The van der Waals surface area contributed by atoms with Gasteiger partial charge in [-0.1, -0.05) is 6.07 Å². The zero-order chi connectivity index (χ0) is 13.9. The molecule has 0 aromatic heterocycles. The molecule has 0 saturated carbocycles. The minimum absolute atomic E-state index is 0.0975. The lowest BCUT2D eigenvalue weighted by Gasteiger charge is -2.47. The molecule has 2 bridgehead atoms. The van der Waals surface area contributed by atoms with Crippen molar-refractivity contribution in [2.45, 2.75) is 6.04 Å². The number of hydrogen-bond donors (Lipinski definition) is 1. The summed E-state index contributed by atoms with van der Waals surface area (Å²) in [5.41, 5.74) is 1.07. The first-order valence-electron chi connectivity index (χ1n) is 7.01. The highest BCUT2D eigenvalue weighted by molar-refractivity contribution is 5.94. The molecule has 1 aromatic rings. The number of piperazine rings is 3. The van der Waals surface area contributed by atoms with Gasteiger partial charge >= 0.3 is 0 Å². The number of rotatable bonds is 3. The Morgan fingerprint density at radius 3 is 2.80 bits per heavy atom. The van der Waals surface area contributed by atoms with Crippen molar-refractivity contribution in [1.82, 2.24) is 15.1 Å². The SMILES string of the molecule is N#Cc1cccc(C(=O)NCC2CN3CCN2CC3)c1. The number of fused-ring (bicyclic) bond motifs is 3. The van der Waals surface area contributed by atoms with Crippen LogP contribution in [0.5, 0.6) is 0 Å². The fourth-order valence-electron chi connectivity index (χ4n) is 2.96. The molecule has 1 atom stereocenters. The largest absolute Gasteiger partial charge is 0.350 e. The average molecular weight is 270 g/mol. The van der Waals surface area contributed by atoms with Crippen molar-refractivity contribution in [3.8, 4) is 6.07 Å². The predicted molar refractivity (Wildman–Crippen MR) is 75.3 cm³/mol. The highest BCUT2D eigenvalue weighted by atomic mass is 16.1. The molecule has 3 aliphatic heterocycles. The quantitative estimate of drug-likeness (QED) is 0.857. The zero-order valence-corrected chi connectivity index (χ0v) is 11.4. The van der Waals surface area contributed by atoms with Crippen LogP contribution in [0.2, 0.25) is 0 Å². The first kappa shape index (κ1) is 13.1. The molecule has 4 rings (SSSR count). The van der Waals surface area contributed by atoms with Crippen molar-refractivity contribution in [3.63, 3.8) is 0 Å². The van der Waals surface area contributed by atoms with E-state index in [0.717, 1.165) is 32.7 Å². The molecule has 0 aliphatic carbocycles. The van der Waals surface area contributed by atoms with E-state index < -0.39 is 0 Å². The number of hydrogen-bond acceptors (Lipinski definition) is 4. The van der Waals surface area contributed by atoms with Crippen molar-refractivity contribution in [2.24, 2.45) is 0 Å². The van der Waals surface area contributed by atoms with Gasteiger partial charge in [-0.3, -0.25) is 14.6 Å². The minimum atomic E-state index is -0.0975. The van der Waals surface area contributed by atoms with E-state index in [9.17, 15) is 4.79 Å². The normalized spacial score (nSPS) is 27.9. The summed E-state index contributed by atoms with van der Waals surface area (Å²) in [7, 11) is 0. The Bertz CT molecular complexity index is 543. The van der Waals surface area contributed by atoms with E-state index in [1.165, 1.54) is 0 Å². The van der Waals surface area contributed by atoms with Crippen LogP contribution >= 0.6 is 0 Å². The van der Waals surface area contributed by atoms with Crippen LogP contribution < -0.4 is 5.32 Å². The van der Waals surface area contributed by atoms with Crippen LogP contribution in [0.25, 0.3) is 0 Å². The molecule has 1 aromatic carbocycles. The van der Waals surface area contributed by atoms with Crippen molar-refractivity contribution in [1.29, 1.82) is 5.26 Å². The van der Waals surface area contributed by atoms with Gasteiger partial charge in [0.05, 0.1) is 11.6 Å². The molecule has 1 N–H and O–H groups in total. The van der Waals surface area contributed by atoms with Crippen molar-refractivity contribution < 1.29 is 4.79 Å². The Morgan fingerprint density at radius 1 is 1.35 bits per heavy atom. The molecule has 20 heavy (non-hydrogen) atoms. The Labute approximate surface area is 118 Å². The molecule has 3 aliphatic rings. The standard InChI is InChI=1S/C15H18N4O/c16-9-12-2-1-3-13(8-12)15(20)17-10-14-11-18-4-6-19(14)7-5-18/h1-3,8,14H,4-7,10-11H2,(H,17,20). The maximum atomic E-state index is 12.1. The third-order valence-electron chi connectivity index (χ3n) is 4.14. The molecule has 104 valence electrons. The van der Waals surface area contributed by atoms with Crippen LogP contribution in [0.4, 0.5) is 0 Å². The summed E-state index contributed by atoms with van der Waals surface area (Å²) in [6, 6.07) is 9.29. The summed E-state index contributed by atoms with van der Waals surface area (Å²) in [6.45, 7) is 6.21. The Balaban J connectivity index is 1.58. The van der Waals surface area contributed by atoms with Gasteiger partial charge in [0.2, 0.25) is 0 Å². The van der Waals surface area contributed by atoms with Gasteiger partial charge in [0.1, 0.15) is 0 Å². The summed E-state index contributed by atoms with van der Waals surface area (Å²) in [5, 5.41) is 11.8. The number of carbonyl (C=O) groups is 1. The first-order valence-corrected chi connectivity index (χ1v) is 7.01. The van der Waals surface area contributed by atoms with E-state index in [1.54, 1.807) is 24.3 Å². The highest BCUT2D eigenvalue weighted by Gasteiger charge is 2.31. The van der Waals surface area contributed by atoms with Crippen LogP contribution in [0.1, 0.15) is 15.9 Å². The average Bonchev–Trinajstić information content (AvgIpc) is 2.54. The number of benzene rings is 1. The monoisotopic (exact) mass is 270 g/mol. The molecule has 1 unspecified atom stereocenters. The molecule has 0 radical (unpaired) electrons. The van der Waals surface area contributed by atoms with Gasteiger partial charge in [0.15, 0.2) is 0 Å². The molecular formula is C15H18N4O. The number of nitrogens with one attached hydrogen (secondary N) is 1. The Morgan fingerprint density at radius 2 is 2.15 bits per heavy atom. The van der Waals surface area contributed by atoms with Gasteiger partial charge in [0.25, 0.3) is 5.91 Å². The summed E-state index contributed by atoms with van der Waals surface area (Å²) in [4.78, 5) is 17.0. The summed E-state index contributed by atoms with van der Waals surface area (Å²) >= 11 is 0. The maximum absolute atomic E-state index is 12.1. The Kier molecular flexibility index (Phi) is 3.68.